The van der Waals surface area contributed by atoms with E-state index in [1.165, 1.54) is 6.20 Å². The maximum atomic E-state index is 6.05. The molecular formula is C13H14ClN7. The van der Waals surface area contributed by atoms with E-state index in [4.69, 9.17) is 17.3 Å². The molecule has 0 radical (unpaired) electrons. The molecule has 7 nitrogen and oxygen atoms in total. The topological polar surface area (TPSA) is 95.4 Å². The van der Waals surface area contributed by atoms with Gasteiger partial charge in [-0.05, 0) is 24.9 Å². The van der Waals surface area contributed by atoms with Crippen molar-refractivity contribution in [2.24, 2.45) is 0 Å². The van der Waals surface area contributed by atoms with Crippen molar-refractivity contribution in [3.63, 3.8) is 0 Å². The number of nitrogens with zero attached hydrogens (tertiary/aromatic N) is 6. The highest BCUT2D eigenvalue weighted by molar-refractivity contribution is 6.28. The molecule has 0 aromatic carbocycles. The number of hydrogen-bond acceptors (Lipinski definition) is 6. The molecule has 1 atom stereocenters. The van der Waals surface area contributed by atoms with Gasteiger partial charge in [0, 0.05) is 6.04 Å². The van der Waals surface area contributed by atoms with Crippen LogP contribution in [0.5, 0.6) is 0 Å². The van der Waals surface area contributed by atoms with Crippen molar-refractivity contribution in [1.29, 1.82) is 0 Å². The van der Waals surface area contributed by atoms with Crippen molar-refractivity contribution >= 4 is 28.6 Å². The van der Waals surface area contributed by atoms with E-state index in [-0.39, 0.29) is 11.3 Å². The lowest BCUT2D eigenvalue weighted by Gasteiger charge is -2.11. The Kier molecular flexibility index (Phi) is 3.42. The summed E-state index contributed by atoms with van der Waals surface area (Å²) in [5.74, 6) is 0.347. The summed E-state index contributed by atoms with van der Waals surface area (Å²) in [6.45, 7) is 4.20. The van der Waals surface area contributed by atoms with Gasteiger partial charge in [0.2, 0.25) is 5.28 Å². The van der Waals surface area contributed by atoms with Crippen LogP contribution < -0.4 is 5.73 Å². The zero-order valence-electron chi connectivity index (χ0n) is 11.7. The standard InChI is InChI=1S/C13H14ClN7/c1-3-7(2)21-6-18-11-10(19-13(14)20-12(11)21)8-4-17-9(15)5-16-8/h4-7H,3H2,1-2H3,(H2,15,17). The lowest BCUT2D eigenvalue weighted by atomic mass is 10.2. The second kappa shape index (κ2) is 5.25. The first-order valence-corrected chi connectivity index (χ1v) is 6.96. The maximum absolute atomic E-state index is 6.05. The van der Waals surface area contributed by atoms with Gasteiger partial charge in [-0.15, -0.1) is 0 Å². The Hall–Kier alpha value is -2.28. The Bertz CT molecular complexity index is 781. The summed E-state index contributed by atoms with van der Waals surface area (Å²) in [6, 6.07) is 0.270. The highest BCUT2D eigenvalue weighted by atomic mass is 35.5. The predicted octanol–water partition coefficient (Wildman–Crippen LogP) is 2.49. The fraction of sp³-hybridized carbons (Fsp3) is 0.308. The van der Waals surface area contributed by atoms with Crippen LogP contribution in [0.3, 0.4) is 0 Å². The molecule has 0 aliphatic carbocycles. The van der Waals surface area contributed by atoms with Crippen molar-refractivity contribution < 1.29 is 0 Å². The molecule has 0 spiro atoms. The number of fused-ring (bicyclic) bond motifs is 1. The summed E-state index contributed by atoms with van der Waals surface area (Å²) >= 11 is 6.05. The van der Waals surface area contributed by atoms with E-state index in [2.05, 4.69) is 38.8 Å². The molecule has 3 aromatic heterocycles. The SMILES string of the molecule is CCC(C)n1cnc2c(-c3cnc(N)cn3)nc(Cl)nc21. The molecule has 0 fully saturated rings. The van der Waals surface area contributed by atoms with E-state index < -0.39 is 0 Å². The zero-order valence-corrected chi connectivity index (χ0v) is 12.4. The number of rotatable bonds is 3. The third-order valence-corrected chi connectivity index (χ3v) is 3.54. The van der Waals surface area contributed by atoms with Crippen LogP contribution in [-0.4, -0.2) is 29.5 Å². The number of halogens is 1. The summed E-state index contributed by atoms with van der Waals surface area (Å²) in [6.07, 6.45) is 5.74. The molecule has 0 aliphatic heterocycles. The Labute approximate surface area is 126 Å². The largest absolute Gasteiger partial charge is 0.382 e. The van der Waals surface area contributed by atoms with Gasteiger partial charge in [-0.1, -0.05) is 6.92 Å². The van der Waals surface area contributed by atoms with Gasteiger partial charge in [0.05, 0.1) is 18.7 Å². The van der Waals surface area contributed by atoms with Crippen LogP contribution in [0.25, 0.3) is 22.6 Å². The molecule has 0 bridgehead atoms. The van der Waals surface area contributed by atoms with Gasteiger partial charge in [0.25, 0.3) is 0 Å². The molecule has 2 N–H and O–H groups in total. The average molecular weight is 304 g/mol. The Morgan fingerprint density at radius 1 is 1.24 bits per heavy atom. The van der Waals surface area contributed by atoms with Gasteiger partial charge >= 0.3 is 0 Å². The van der Waals surface area contributed by atoms with Crippen molar-refractivity contribution in [2.75, 3.05) is 5.73 Å². The predicted molar refractivity (Wildman–Crippen MR) is 80.8 cm³/mol. The van der Waals surface area contributed by atoms with E-state index in [1.54, 1.807) is 12.5 Å². The first-order chi connectivity index (χ1) is 10.1. The molecule has 3 rings (SSSR count). The van der Waals surface area contributed by atoms with Crippen LogP contribution in [0.2, 0.25) is 5.28 Å². The fourth-order valence-electron chi connectivity index (χ4n) is 2.05. The first-order valence-electron chi connectivity index (χ1n) is 6.58. The van der Waals surface area contributed by atoms with Gasteiger partial charge < -0.3 is 10.3 Å². The number of anilines is 1. The molecule has 21 heavy (non-hydrogen) atoms. The van der Waals surface area contributed by atoms with Gasteiger partial charge in [0.15, 0.2) is 5.65 Å². The number of aromatic nitrogens is 6. The Balaban J connectivity index is 2.24. The summed E-state index contributed by atoms with van der Waals surface area (Å²) in [4.78, 5) is 21.2. The van der Waals surface area contributed by atoms with Gasteiger partial charge in [-0.3, -0.25) is 0 Å². The van der Waals surface area contributed by atoms with Gasteiger partial charge in [-0.2, -0.15) is 4.98 Å². The van der Waals surface area contributed by atoms with Crippen LogP contribution in [0, 0.1) is 0 Å². The van der Waals surface area contributed by atoms with Crippen molar-refractivity contribution in [3.8, 4) is 11.4 Å². The monoisotopic (exact) mass is 303 g/mol. The molecule has 3 heterocycles. The normalized spacial score (nSPS) is 12.7. The minimum atomic E-state index is 0.154. The number of nitrogen functional groups attached to an aromatic ring is 1. The highest BCUT2D eigenvalue weighted by Crippen LogP contribution is 2.26. The number of hydrogen-bond donors (Lipinski definition) is 1. The molecule has 0 aliphatic rings. The van der Waals surface area contributed by atoms with Crippen LogP contribution in [-0.2, 0) is 0 Å². The smallest absolute Gasteiger partial charge is 0.225 e. The van der Waals surface area contributed by atoms with E-state index in [1.807, 2.05) is 4.57 Å². The quantitative estimate of drug-likeness (QED) is 0.747. The minimum Gasteiger partial charge on any atom is -0.382 e. The minimum absolute atomic E-state index is 0.154. The van der Waals surface area contributed by atoms with Crippen LogP contribution >= 0.6 is 11.6 Å². The lowest BCUT2D eigenvalue weighted by molar-refractivity contribution is 0.541. The van der Waals surface area contributed by atoms with E-state index in [9.17, 15) is 0 Å². The zero-order chi connectivity index (χ0) is 15.0. The lowest BCUT2D eigenvalue weighted by Crippen LogP contribution is -2.04. The summed E-state index contributed by atoms with van der Waals surface area (Å²) in [7, 11) is 0. The molecule has 8 heteroatoms. The van der Waals surface area contributed by atoms with E-state index in [0.717, 1.165) is 6.42 Å². The van der Waals surface area contributed by atoms with Gasteiger partial charge in [-0.25, -0.2) is 19.9 Å². The molecular weight excluding hydrogens is 290 g/mol. The maximum Gasteiger partial charge on any atom is 0.225 e. The van der Waals surface area contributed by atoms with Gasteiger partial charge in [0.1, 0.15) is 22.7 Å². The average Bonchev–Trinajstić information content (AvgIpc) is 2.90. The first kappa shape index (κ1) is 13.7. The van der Waals surface area contributed by atoms with Crippen molar-refractivity contribution in [3.05, 3.63) is 24.0 Å². The van der Waals surface area contributed by atoms with Crippen molar-refractivity contribution in [1.82, 2.24) is 29.5 Å². The molecule has 0 amide bonds. The van der Waals surface area contributed by atoms with Crippen LogP contribution in [0.1, 0.15) is 26.3 Å². The Morgan fingerprint density at radius 3 is 2.71 bits per heavy atom. The molecule has 108 valence electrons. The molecule has 0 saturated carbocycles. The summed E-state index contributed by atoms with van der Waals surface area (Å²) in [5, 5.41) is 0.154. The molecule has 1 unspecified atom stereocenters. The van der Waals surface area contributed by atoms with E-state index in [0.29, 0.717) is 28.4 Å². The van der Waals surface area contributed by atoms with Crippen molar-refractivity contribution in [2.45, 2.75) is 26.3 Å². The summed E-state index contributed by atoms with van der Waals surface area (Å²) in [5.41, 5.74) is 8.02. The second-order valence-electron chi connectivity index (χ2n) is 4.75. The third kappa shape index (κ3) is 2.40. The molecule has 3 aromatic rings. The number of imidazole rings is 1. The second-order valence-corrected chi connectivity index (χ2v) is 5.09. The van der Waals surface area contributed by atoms with E-state index >= 15 is 0 Å². The highest BCUT2D eigenvalue weighted by Gasteiger charge is 2.17. The fourth-order valence-corrected chi connectivity index (χ4v) is 2.21. The number of nitrogens with two attached hydrogens (primary N) is 1. The third-order valence-electron chi connectivity index (χ3n) is 3.37. The van der Waals surface area contributed by atoms with Crippen LogP contribution in [0.4, 0.5) is 5.82 Å². The Morgan fingerprint density at radius 2 is 2.05 bits per heavy atom. The van der Waals surface area contributed by atoms with Crippen LogP contribution in [0.15, 0.2) is 18.7 Å². The summed E-state index contributed by atoms with van der Waals surface area (Å²) < 4.78 is 1.98. The molecule has 0 saturated heterocycles.